The van der Waals surface area contributed by atoms with Gasteiger partial charge in [-0.3, -0.25) is 19.7 Å². The molecule has 0 fully saturated rings. The number of ketones is 1. The highest BCUT2D eigenvalue weighted by molar-refractivity contribution is 6.31. The van der Waals surface area contributed by atoms with E-state index < -0.39 is 10.8 Å². The number of amides is 1. The summed E-state index contributed by atoms with van der Waals surface area (Å²) < 4.78 is 0. The Morgan fingerprint density at radius 3 is 2.50 bits per heavy atom. The van der Waals surface area contributed by atoms with Crippen LogP contribution in [-0.4, -0.2) is 16.6 Å². The van der Waals surface area contributed by atoms with Gasteiger partial charge >= 0.3 is 0 Å². The van der Waals surface area contributed by atoms with Gasteiger partial charge in [-0.05, 0) is 31.2 Å². The number of benzene rings is 2. The molecule has 6 nitrogen and oxygen atoms in total. The first kappa shape index (κ1) is 15.7. The van der Waals surface area contributed by atoms with E-state index in [0.29, 0.717) is 10.6 Å². The summed E-state index contributed by atoms with van der Waals surface area (Å²) in [6.07, 6.45) is 0. The van der Waals surface area contributed by atoms with Crippen molar-refractivity contribution >= 4 is 34.7 Å². The Balaban J connectivity index is 2.34. The molecule has 7 heteroatoms. The molecule has 0 saturated carbocycles. The molecule has 0 aliphatic rings. The van der Waals surface area contributed by atoms with E-state index in [2.05, 4.69) is 5.32 Å². The minimum Gasteiger partial charge on any atom is -0.321 e. The van der Waals surface area contributed by atoms with Crippen LogP contribution in [0.3, 0.4) is 0 Å². The number of anilines is 1. The summed E-state index contributed by atoms with van der Waals surface area (Å²) >= 11 is 5.82. The first-order valence-corrected chi connectivity index (χ1v) is 6.62. The molecule has 0 spiro atoms. The van der Waals surface area contributed by atoms with Crippen molar-refractivity contribution in [2.45, 2.75) is 6.92 Å². The molecule has 0 unspecified atom stereocenters. The highest BCUT2D eigenvalue weighted by Gasteiger charge is 2.16. The Morgan fingerprint density at radius 2 is 1.91 bits per heavy atom. The Hall–Kier alpha value is -2.73. The zero-order chi connectivity index (χ0) is 16.3. The normalized spacial score (nSPS) is 10.1. The van der Waals surface area contributed by atoms with E-state index in [1.165, 1.54) is 25.1 Å². The van der Waals surface area contributed by atoms with E-state index in [0.717, 1.165) is 6.07 Å². The maximum Gasteiger partial charge on any atom is 0.270 e. The van der Waals surface area contributed by atoms with Crippen molar-refractivity contribution in [3.63, 3.8) is 0 Å². The van der Waals surface area contributed by atoms with E-state index >= 15 is 0 Å². The van der Waals surface area contributed by atoms with E-state index in [1.54, 1.807) is 18.2 Å². The first-order chi connectivity index (χ1) is 10.4. The number of nitro groups is 1. The van der Waals surface area contributed by atoms with Gasteiger partial charge in [0, 0.05) is 28.3 Å². The van der Waals surface area contributed by atoms with Gasteiger partial charge < -0.3 is 5.32 Å². The number of hydrogen-bond acceptors (Lipinski definition) is 4. The van der Waals surface area contributed by atoms with Crippen molar-refractivity contribution in [3.05, 3.63) is 68.7 Å². The van der Waals surface area contributed by atoms with Gasteiger partial charge in [-0.2, -0.15) is 0 Å². The second-order valence-corrected chi connectivity index (χ2v) is 4.94. The number of halogens is 1. The number of nitrogens with one attached hydrogen (secondary N) is 1. The van der Waals surface area contributed by atoms with Crippen molar-refractivity contribution < 1.29 is 14.5 Å². The average Bonchev–Trinajstić information content (AvgIpc) is 2.47. The minimum absolute atomic E-state index is 0.0737. The Morgan fingerprint density at radius 1 is 1.18 bits per heavy atom. The van der Waals surface area contributed by atoms with Crippen LogP contribution in [0.1, 0.15) is 27.6 Å². The summed E-state index contributed by atoms with van der Waals surface area (Å²) in [7, 11) is 0. The lowest BCUT2D eigenvalue weighted by molar-refractivity contribution is -0.384. The smallest absolute Gasteiger partial charge is 0.270 e. The maximum absolute atomic E-state index is 12.1. The van der Waals surface area contributed by atoms with Gasteiger partial charge in [-0.25, -0.2) is 0 Å². The lowest BCUT2D eigenvalue weighted by atomic mass is 10.1. The summed E-state index contributed by atoms with van der Waals surface area (Å²) in [6, 6.07) is 9.99. The molecule has 0 saturated heterocycles. The van der Waals surface area contributed by atoms with Gasteiger partial charge in [0.05, 0.1) is 10.6 Å². The Labute approximate surface area is 130 Å². The van der Waals surface area contributed by atoms with E-state index in [4.69, 9.17) is 11.6 Å². The third kappa shape index (κ3) is 3.48. The number of nitro benzene ring substituents is 1. The zero-order valence-corrected chi connectivity index (χ0v) is 12.3. The van der Waals surface area contributed by atoms with Gasteiger partial charge in [-0.1, -0.05) is 17.7 Å². The van der Waals surface area contributed by atoms with E-state index in [-0.39, 0.29) is 22.7 Å². The van der Waals surface area contributed by atoms with Crippen LogP contribution >= 0.6 is 11.6 Å². The zero-order valence-electron chi connectivity index (χ0n) is 11.5. The van der Waals surface area contributed by atoms with Crippen LogP contribution in [-0.2, 0) is 0 Å². The molecule has 0 heterocycles. The number of Topliss-reactive ketones (excluding diaryl/α,β-unsaturated/α-hetero) is 1. The topological polar surface area (TPSA) is 89.3 Å². The monoisotopic (exact) mass is 318 g/mol. The predicted octanol–water partition coefficient (Wildman–Crippen LogP) is 3.70. The van der Waals surface area contributed by atoms with Crippen molar-refractivity contribution in [2.24, 2.45) is 0 Å². The largest absolute Gasteiger partial charge is 0.321 e. The van der Waals surface area contributed by atoms with Crippen molar-refractivity contribution in [2.75, 3.05) is 5.32 Å². The van der Waals surface area contributed by atoms with E-state index in [9.17, 15) is 19.7 Å². The summed E-state index contributed by atoms with van der Waals surface area (Å²) in [6.45, 7) is 1.27. The fraction of sp³-hybridized carbons (Fsp3) is 0.0667. The molecule has 0 aromatic heterocycles. The van der Waals surface area contributed by atoms with Gasteiger partial charge in [0.2, 0.25) is 0 Å². The Kier molecular flexibility index (Phi) is 4.53. The van der Waals surface area contributed by atoms with Crippen LogP contribution in [0.15, 0.2) is 42.5 Å². The number of nitrogens with zero attached hydrogens (tertiary/aromatic N) is 1. The number of hydrogen-bond donors (Lipinski definition) is 1. The van der Waals surface area contributed by atoms with Gasteiger partial charge in [0.15, 0.2) is 5.78 Å². The molecule has 0 radical (unpaired) electrons. The molecule has 2 aromatic carbocycles. The Bertz CT molecular complexity index is 774. The number of carbonyl (C=O) groups excluding carboxylic acids is 2. The molecule has 1 amide bonds. The summed E-state index contributed by atoms with van der Waals surface area (Å²) in [4.78, 5) is 33.9. The quantitative estimate of drug-likeness (QED) is 0.528. The fourth-order valence-electron chi connectivity index (χ4n) is 1.87. The fourth-order valence-corrected chi connectivity index (χ4v) is 2.06. The molecule has 0 aliphatic carbocycles. The van der Waals surface area contributed by atoms with E-state index in [1.807, 2.05) is 0 Å². The lowest BCUT2D eigenvalue weighted by Crippen LogP contribution is -2.14. The van der Waals surface area contributed by atoms with Gasteiger partial charge in [0.25, 0.3) is 11.6 Å². The van der Waals surface area contributed by atoms with Crippen LogP contribution in [0, 0.1) is 10.1 Å². The number of carbonyl (C=O) groups is 2. The van der Waals surface area contributed by atoms with Crippen LogP contribution in [0.2, 0.25) is 5.02 Å². The van der Waals surface area contributed by atoms with Crippen molar-refractivity contribution in [1.82, 2.24) is 0 Å². The molecule has 1 N–H and O–H groups in total. The standard InChI is InChI=1S/C15H11ClN2O4/c1-9(19)13-8-12(18(21)22)5-6-14(13)17-15(20)10-3-2-4-11(16)7-10/h2-8H,1H3,(H,17,20). The van der Waals surface area contributed by atoms with Crippen molar-refractivity contribution in [3.8, 4) is 0 Å². The van der Waals surface area contributed by atoms with Crippen LogP contribution in [0.4, 0.5) is 11.4 Å². The second-order valence-electron chi connectivity index (χ2n) is 4.51. The van der Waals surface area contributed by atoms with Crippen LogP contribution < -0.4 is 5.32 Å². The first-order valence-electron chi connectivity index (χ1n) is 6.25. The second kappa shape index (κ2) is 6.36. The molecular weight excluding hydrogens is 308 g/mol. The highest BCUT2D eigenvalue weighted by Crippen LogP contribution is 2.23. The molecule has 0 bridgehead atoms. The third-order valence-corrected chi connectivity index (χ3v) is 3.16. The maximum atomic E-state index is 12.1. The molecular formula is C15H11ClN2O4. The SMILES string of the molecule is CC(=O)c1cc([N+](=O)[O-])ccc1NC(=O)c1cccc(Cl)c1. The lowest BCUT2D eigenvalue weighted by Gasteiger charge is -2.09. The van der Waals surface area contributed by atoms with Crippen molar-refractivity contribution in [1.29, 1.82) is 0 Å². The predicted molar refractivity (Wildman–Crippen MR) is 82.5 cm³/mol. The molecule has 112 valence electrons. The number of non-ortho nitro benzene ring substituents is 1. The molecule has 22 heavy (non-hydrogen) atoms. The summed E-state index contributed by atoms with van der Waals surface area (Å²) in [5.74, 6) is -0.844. The number of rotatable bonds is 4. The van der Waals surface area contributed by atoms with Gasteiger partial charge in [-0.15, -0.1) is 0 Å². The van der Waals surface area contributed by atoms with Crippen LogP contribution in [0.5, 0.6) is 0 Å². The minimum atomic E-state index is -0.602. The van der Waals surface area contributed by atoms with Gasteiger partial charge in [0.1, 0.15) is 0 Å². The molecule has 2 aromatic rings. The molecule has 0 atom stereocenters. The summed E-state index contributed by atoms with van der Waals surface area (Å²) in [5.41, 5.74) is 0.388. The highest BCUT2D eigenvalue weighted by atomic mass is 35.5. The molecule has 0 aliphatic heterocycles. The third-order valence-electron chi connectivity index (χ3n) is 2.93. The average molecular weight is 319 g/mol. The molecule has 2 rings (SSSR count). The van der Waals surface area contributed by atoms with Crippen LogP contribution in [0.25, 0.3) is 0 Å². The summed E-state index contributed by atoms with van der Waals surface area (Å²) in [5, 5.41) is 13.7.